The Kier molecular flexibility index (Phi) is 5.52. The van der Waals surface area contributed by atoms with Crippen LogP contribution in [-0.4, -0.2) is 27.5 Å². The highest BCUT2D eigenvalue weighted by Crippen LogP contribution is 2.32. The second-order valence-corrected chi connectivity index (χ2v) is 5.94. The standard InChI is InChI=1S/C11H19BrN4S/c1-4-11(5-2,17-3)6-14-10-8(12)9(13)15-7-16-10/h7H,4-6H2,1-3H3,(H3,13,14,15,16). The molecule has 1 rings (SSSR count). The number of nitrogens with zero attached hydrogens (tertiary/aromatic N) is 2. The summed E-state index contributed by atoms with van der Waals surface area (Å²) in [5.74, 6) is 1.23. The van der Waals surface area contributed by atoms with Crippen LogP contribution in [0.3, 0.4) is 0 Å². The van der Waals surface area contributed by atoms with E-state index in [1.54, 1.807) is 0 Å². The van der Waals surface area contributed by atoms with Crippen molar-refractivity contribution >= 4 is 39.3 Å². The van der Waals surface area contributed by atoms with Gasteiger partial charge in [-0.3, -0.25) is 0 Å². The molecular formula is C11H19BrN4S. The van der Waals surface area contributed by atoms with Crippen LogP contribution in [0.2, 0.25) is 0 Å². The second kappa shape index (κ2) is 6.44. The maximum Gasteiger partial charge on any atom is 0.145 e. The van der Waals surface area contributed by atoms with E-state index in [1.807, 2.05) is 11.8 Å². The van der Waals surface area contributed by atoms with E-state index in [4.69, 9.17) is 5.73 Å². The van der Waals surface area contributed by atoms with E-state index in [0.29, 0.717) is 5.82 Å². The van der Waals surface area contributed by atoms with E-state index in [9.17, 15) is 0 Å². The van der Waals surface area contributed by atoms with Crippen molar-refractivity contribution in [3.63, 3.8) is 0 Å². The molecule has 0 aliphatic rings. The molecule has 0 bridgehead atoms. The number of rotatable bonds is 6. The molecule has 0 aliphatic carbocycles. The van der Waals surface area contributed by atoms with Gasteiger partial charge in [-0.2, -0.15) is 11.8 Å². The fraction of sp³-hybridized carbons (Fsp3) is 0.636. The second-order valence-electron chi connectivity index (χ2n) is 3.87. The van der Waals surface area contributed by atoms with Crippen LogP contribution in [0.1, 0.15) is 26.7 Å². The first-order chi connectivity index (χ1) is 8.08. The summed E-state index contributed by atoms with van der Waals surface area (Å²) in [4.78, 5) is 8.11. The molecule has 3 N–H and O–H groups in total. The quantitative estimate of drug-likeness (QED) is 0.843. The summed E-state index contributed by atoms with van der Waals surface area (Å²) in [5, 5.41) is 3.35. The molecule has 0 spiro atoms. The van der Waals surface area contributed by atoms with Crippen molar-refractivity contribution in [2.24, 2.45) is 0 Å². The van der Waals surface area contributed by atoms with Crippen molar-refractivity contribution in [3.05, 3.63) is 10.8 Å². The molecule has 6 heteroatoms. The number of hydrogen-bond acceptors (Lipinski definition) is 5. The van der Waals surface area contributed by atoms with Gasteiger partial charge in [0.1, 0.15) is 22.4 Å². The summed E-state index contributed by atoms with van der Waals surface area (Å²) in [6, 6.07) is 0. The summed E-state index contributed by atoms with van der Waals surface area (Å²) >= 11 is 5.29. The molecule has 0 fully saturated rings. The molecule has 0 saturated heterocycles. The number of nitrogens with one attached hydrogen (secondary N) is 1. The Balaban J connectivity index is 2.75. The highest BCUT2D eigenvalue weighted by atomic mass is 79.9. The van der Waals surface area contributed by atoms with E-state index in [2.05, 4.69) is 51.3 Å². The third-order valence-corrected chi connectivity index (χ3v) is 5.49. The number of thioether (sulfide) groups is 1. The van der Waals surface area contributed by atoms with Crippen molar-refractivity contribution in [1.29, 1.82) is 0 Å². The Labute approximate surface area is 115 Å². The van der Waals surface area contributed by atoms with E-state index in [-0.39, 0.29) is 4.75 Å². The van der Waals surface area contributed by atoms with Crippen LogP contribution < -0.4 is 11.1 Å². The maximum absolute atomic E-state index is 5.71. The summed E-state index contributed by atoms with van der Waals surface area (Å²) in [6.07, 6.45) is 5.87. The van der Waals surface area contributed by atoms with Crippen LogP contribution in [-0.2, 0) is 0 Å². The third kappa shape index (κ3) is 3.48. The van der Waals surface area contributed by atoms with Crippen molar-refractivity contribution < 1.29 is 0 Å². The molecule has 96 valence electrons. The van der Waals surface area contributed by atoms with Crippen LogP contribution >= 0.6 is 27.7 Å². The molecule has 17 heavy (non-hydrogen) atoms. The van der Waals surface area contributed by atoms with Crippen LogP contribution in [0.15, 0.2) is 10.8 Å². The molecule has 0 amide bonds. The Morgan fingerprint density at radius 1 is 1.41 bits per heavy atom. The predicted octanol–water partition coefficient (Wildman–Crippen LogP) is 3.16. The molecular weight excluding hydrogens is 300 g/mol. The first kappa shape index (κ1) is 14.6. The lowest BCUT2D eigenvalue weighted by atomic mass is 10.0. The average molecular weight is 319 g/mol. The zero-order valence-electron chi connectivity index (χ0n) is 10.5. The fourth-order valence-corrected chi connectivity index (χ4v) is 2.75. The van der Waals surface area contributed by atoms with Gasteiger partial charge in [-0.15, -0.1) is 0 Å². The molecule has 1 aromatic rings. The Hall–Kier alpha value is -0.490. The van der Waals surface area contributed by atoms with Crippen molar-refractivity contribution in [2.45, 2.75) is 31.4 Å². The minimum absolute atomic E-state index is 0.249. The zero-order chi connectivity index (χ0) is 12.9. The minimum atomic E-state index is 0.249. The lowest BCUT2D eigenvalue weighted by molar-refractivity contribution is 0.574. The molecule has 1 aromatic heterocycles. The van der Waals surface area contributed by atoms with Crippen LogP contribution in [0.5, 0.6) is 0 Å². The minimum Gasteiger partial charge on any atom is -0.383 e. The molecule has 0 saturated carbocycles. The van der Waals surface area contributed by atoms with Gasteiger partial charge >= 0.3 is 0 Å². The highest BCUT2D eigenvalue weighted by molar-refractivity contribution is 9.10. The first-order valence-corrected chi connectivity index (χ1v) is 7.65. The third-order valence-electron chi connectivity index (χ3n) is 3.12. The fourth-order valence-electron chi connectivity index (χ4n) is 1.61. The number of nitrogens with two attached hydrogens (primary N) is 1. The van der Waals surface area contributed by atoms with Gasteiger partial charge in [0.05, 0.1) is 0 Å². The number of nitrogen functional groups attached to an aromatic ring is 1. The van der Waals surface area contributed by atoms with Gasteiger partial charge in [0.15, 0.2) is 0 Å². The molecule has 0 unspecified atom stereocenters. The smallest absolute Gasteiger partial charge is 0.145 e. The van der Waals surface area contributed by atoms with Gasteiger partial charge in [0, 0.05) is 11.3 Å². The van der Waals surface area contributed by atoms with Crippen molar-refractivity contribution in [3.8, 4) is 0 Å². The number of hydrogen-bond donors (Lipinski definition) is 2. The normalized spacial score (nSPS) is 11.5. The molecule has 0 radical (unpaired) electrons. The molecule has 0 aliphatic heterocycles. The topological polar surface area (TPSA) is 63.8 Å². The van der Waals surface area contributed by atoms with Crippen LogP contribution in [0.4, 0.5) is 11.6 Å². The van der Waals surface area contributed by atoms with Crippen molar-refractivity contribution in [1.82, 2.24) is 9.97 Å². The lowest BCUT2D eigenvalue weighted by Gasteiger charge is -2.30. The van der Waals surface area contributed by atoms with E-state index >= 15 is 0 Å². The molecule has 4 nitrogen and oxygen atoms in total. The van der Waals surface area contributed by atoms with E-state index in [0.717, 1.165) is 29.7 Å². The maximum atomic E-state index is 5.71. The monoisotopic (exact) mass is 318 g/mol. The van der Waals surface area contributed by atoms with Gasteiger partial charge in [-0.05, 0) is 35.0 Å². The Morgan fingerprint density at radius 3 is 2.59 bits per heavy atom. The number of aromatic nitrogens is 2. The van der Waals surface area contributed by atoms with Crippen LogP contribution in [0, 0.1) is 0 Å². The first-order valence-electron chi connectivity index (χ1n) is 5.63. The Morgan fingerprint density at radius 2 is 2.06 bits per heavy atom. The van der Waals surface area contributed by atoms with Crippen molar-refractivity contribution in [2.75, 3.05) is 23.9 Å². The number of anilines is 2. The summed E-state index contributed by atoms with van der Waals surface area (Å²) in [5.41, 5.74) is 5.71. The average Bonchev–Trinajstić information content (AvgIpc) is 2.36. The van der Waals surface area contributed by atoms with Gasteiger partial charge in [-0.1, -0.05) is 13.8 Å². The lowest BCUT2D eigenvalue weighted by Crippen LogP contribution is -2.32. The van der Waals surface area contributed by atoms with E-state index < -0.39 is 0 Å². The number of halogens is 1. The highest BCUT2D eigenvalue weighted by Gasteiger charge is 2.25. The SMILES string of the molecule is CCC(CC)(CNc1ncnc(N)c1Br)SC. The van der Waals surface area contributed by atoms with Gasteiger partial charge in [0.25, 0.3) is 0 Å². The van der Waals surface area contributed by atoms with Crippen LogP contribution in [0.25, 0.3) is 0 Å². The summed E-state index contributed by atoms with van der Waals surface area (Å²) < 4.78 is 0.987. The largest absolute Gasteiger partial charge is 0.383 e. The van der Waals surface area contributed by atoms with Gasteiger partial charge in [-0.25, -0.2) is 9.97 Å². The summed E-state index contributed by atoms with van der Waals surface area (Å²) in [7, 11) is 0. The van der Waals surface area contributed by atoms with Gasteiger partial charge in [0.2, 0.25) is 0 Å². The zero-order valence-corrected chi connectivity index (χ0v) is 12.9. The van der Waals surface area contributed by atoms with E-state index in [1.165, 1.54) is 6.33 Å². The molecule has 0 atom stereocenters. The molecule has 1 heterocycles. The summed E-state index contributed by atoms with van der Waals surface area (Å²) in [6.45, 7) is 5.30. The molecule has 0 aromatic carbocycles. The van der Waals surface area contributed by atoms with Gasteiger partial charge < -0.3 is 11.1 Å². The predicted molar refractivity (Wildman–Crippen MR) is 79.5 cm³/mol. The Bertz CT molecular complexity index is 360.